The first-order valence-corrected chi connectivity index (χ1v) is 9.33. The number of amides is 1. The lowest BCUT2D eigenvalue weighted by Crippen LogP contribution is -2.31. The van der Waals surface area contributed by atoms with Crippen molar-refractivity contribution in [1.29, 1.82) is 0 Å². The number of hydrogen-bond acceptors (Lipinski definition) is 3. The van der Waals surface area contributed by atoms with E-state index in [2.05, 4.69) is 15.3 Å². The van der Waals surface area contributed by atoms with E-state index in [0.29, 0.717) is 17.7 Å². The molecule has 1 aliphatic rings. The van der Waals surface area contributed by atoms with Crippen molar-refractivity contribution in [2.45, 2.75) is 30.2 Å². The predicted molar refractivity (Wildman–Crippen MR) is 97.0 cm³/mol. The highest BCUT2D eigenvalue weighted by Gasteiger charge is 2.24. The van der Waals surface area contributed by atoms with Crippen LogP contribution in [-0.4, -0.2) is 21.6 Å². The van der Waals surface area contributed by atoms with Gasteiger partial charge in [0.1, 0.15) is 11.6 Å². The molecule has 0 radical (unpaired) electrons. The second kappa shape index (κ2) is 6.88. The van der Waals surface area contributed by atoms with E-state index < -0.39 is 0 Å². The van der Waals surface area contributed by atoms with E-state index in [-0.39, 0.29) is 17.8 Å². The SMILES string of the molecule is O=C(CCc1nc2ccccc2[nH]1)N[C@H]1CCSc2c(F)cccc21. The monoisotopic (exact) mass is 355 g/mol. The van der Waals surface area contributed by atoms with Crippen LogP contribution in [0.5, 0.6) is 0 Å². The number of H-pyrrole nitrogens is 1. The fraction of sp³-hybridized carbons (Fsp3) is 0.263. The Morgan fingerprint density at radius 3 is 3.04 bits per heavy atom. The van der Waals surface area contributed by atoms with Gasteiger partial charge in [0, 0.05) is 23.5 Å². The molecule has 1 amide bonds. The zero-order valence-electron chi connectivity index (χ0n) is 13.6. The minimum absolute atomic E-state index is 0.0347. The van der Waals surface area contributed by atoms with E-state index in [0.717, 1.165) is 34.6 Å². The molecule has 2 N–H and O–H groups in total. The largest absolute Gasteiger partial charge is 0.349 e. The molecule has 25 heavy (non-hydrogen) atoms. The van der Waals surface area contributed by atoms with E-state index in [1.807, 2.05) is 30.3 Å². The Kier molecular flexibility index (Phi) is 4.44. The summed E-state index contributed by atoms with van der Waals surface area (Å²) in [5.74, 6) is 1.38. The lowest BCUT2D eigenvalue weighted by Gasteiger charge is -2.26. The van der Waals surface area contributed by atoms with E-state index in [1.165, 1.54) is 17.8 Å². The Labute approximate surface area is 149 Å². The van der Waals surface area contributed by atoms with Crippen LogP contribution in [0.2, 0.25) is 0 Å². The number of aryl methyl sites for hydroxylation is 1. The van der Waals surface area contributed by atoms with Crippen molar-refractivity contribution >= 4 is 28.7 Å². The standard InChI is InChI=1S/C19H18FN3OS/c20-13-5-3-4-12-14(10-11-25-19(12)13)23-18(24)9-8-17-21-15-6-1-2-7-16(15)22-17/h1-7,14H,8-11H2,(H,21,22)(H,23,24)/t14-/m0/s1. The molecule has 0 fully saturated rings. The maximum atomic E-state index is 13.9. The molecule has 4 nitrogen and oxygen atoms in total. The molecule has 0 spiro atoms. The van der Waals surface area contributed by atoms with E-state index in [1.54, 1.807) is 6.07 Å². The van der Waals surface area contributed by atoms with Gasteiger partial charge in [0.2, 0.25) is 5.91 Å². The minimum Gasteiger partial charge on any atom is -0.349 e. The fourth-order valence-corrected chi connectivity index (χ4v) is 4.30. The highest BCUT2D eigenvalue weighted by molar-refractivity contribution is 7.99. The number of nitrogens with zero attached hydrogens (tertiary/aromatic N) is 1. The van der Waals surface area contributed by atoms with E-state index >= 15 is 0 Å². The lowest BCUT2D eigenvalue weighted by atomic mass is 10.0. The minimum atomic E-state index is -0.205. The molecule has 0 aliphatic carbocycles. The summed E-state index contributed by atoms with van der Waals surface area (Å²) in [6.07, 6.45) is 1.73. The molecule has 6 heteroatoms. The number of para-hydroxylation sites is 2. The number of nitrogens with one attached hydrogen (secondary N) is 2. The zero-order chi connectivity index (χ0) is 17.2. The maximum Gasteiger partial charge on any atom is 0.220 e. The summed E-state index contributed by atoms with van der Waals surface area (Å²) in [6, 6.07) is 12.8. The molecule has 2 heterocycles. The van der Waals surface area contributed by atoms with Gasteiger partial charge in [0.05, 0.1) is 17.1 Å². The molecule has 0 bridgehead atoms. The number of carbonyl (C=O) groups is 1. The third-order valence-corrected chi connectivity index (χ3v) is 5.55. The second-order valence-corrected chi connectivity index (χ2v) is 7.22. The van der Waals surface area contributed by atoms with Crippen molar-refractivity contribution in [3.8, 4) is 0 Å². The number of aromatic nitrogens is 2. The molecule has 128 valence electrons. The van der Waals surface area contributed by atoms with Crippen LogP contribution in [0.4, 0.5) is 4.39 Å². The molecular formula is C19H18FN3OS. The number of fused-ring (bicyclic) bond motifs is 2. The molecular weight excluding hydrogens is 337 g/mol. The summed E-state index contributed by atoms with van der Waals surface area (Å²) in [5.41, 5.74) is 2.77. The van der Waals surface area contributed by atoms with Crippen molar-refractivity contribution in [2.75, 3.05) is 5.75 Å². The topological polar surface area (TPSA) is 57.8 Å². The summed E-state index contributed by atoms with van der Waals surface area (Å²) in [4.78, 5) is 20.7. The Balaban J connectivity index is 1.40. The Morgan fingerprint density at radius 2 is 2.16 bits per heavy atom. The zero-order valence-corrected chi connectivity index (χ0v) is 14.4. The average Bonchev–Trinajstić information content (AvgIpc) is 3.04. The number of imidazole rings is 1. The van der Waals surface area contributed by atoms with Crippen molar-refractivity contribution in [2.24, 2.45) is 0 Å². The van der Waals surface area contributed by atoms with Gasteiger partial charge in [-0.1, -0.05) is 24.3 Å². The van der Waals surface area contributed by atoms with Crippen LogP contribution in [-0.2, 0) is 11.2 Å². The van der Waals surface area contributed by atoms with Gasteiger partial charge in [-0.2, -0.15) is 0 Å². The van der Waals surface area contributed by atoms with Crippen LogP contribution in [0.1, 0.15) is 30.3 Å². The van der Waals surface area contributed by atoms with Crippen molar-refractivity contribution in [1.82, 2.24) is 15.3 Å². The van der Waals surface area contributed by atoms with Gasteiger partial charge in [0.15, 0.2) is 0 Å². The Morgan fingerprint density at radius 1 is 1.28 bits per heavy atom. The smallest absolute Gasteiger partial charge is 0.220 e. The van der Waals surface area contributed by atoms with Crippen molar-refractivity contribution in [3.05, 3.63) is 59.7 Å². The summed E-state index contributed by atoms with van der Waals surface area (Å²) in [5, 5.41) is 3.05. The first-order valence-electron chi connectivity index (χ1n) is 8.35. The number of rotatable bonds is 4. The molecule has 4 rings (SSSR count). The van der Waals surface area contributed by atoms with Crippen molar-refractivity contribution in [3.63, 3.8) is 0 Å². The first-order chi connectivity index (χ1) is 12.2. The van der Waals surface area contributed by atoms with Gasteiger partial charge < -0.3 is 10.3 Å². The van der Waals surface area contributed by atoms with Gasteiger partial charge in [-0.05, 0) is 30.2 Å². The van der Waals surface area contributed by atoms with Gasteiger partial charge in [-0.15, -0.1) is 11.8 Å². The van der Waals surface area contributed by atoms with E-state index in [9.17, 15) is 9.18 Å². The number of halogens is 1. The van der Waals surface area contributed by atoms with Gasteiger partial charge >= 0.3 is 0 Å². The van der Waals surface area contributed by atoms with Crippen LogP contribution >= 0.6 is 11.8 Å². The molecule has 0 saturated heterocycles. The Bertz CT molecular complexity index is 891. The molecule has 1 atom stereocenters. The number of benzene rings is 2. The highest BCUT2D eigenvalue weighted by Crippen LogP contribution is 2.37. The molecule has 1 aliphatic heterocycles. The third-order valence-electron chi connectivity index (χ3n) is 4.39. The first kappa shape index (κ1) is 16.1. The second-order valence-electron chi connectivity index (χ2n) is 6.12. The quantitative estimate of drug-likeness (QED) is 0.744. The molecule has 2 aromatic carbocycles. The lowest BCUT2D eigenvalue weighted by molar-refractivity contribution is -0.121. The van der Waals surface area contributed by atoms with E-state index in [4.69, 9.17) is 0 Å². The van der Waals surface area contributed by atoms with Crippen LogP contribution in [0, 0.1) is 5.82 Å². The average molecular weight is 355 g/mol. The summed E-state index contributed by atoms with van der Waals surface area (Å²) in [6.45, 7) is 0. The van der Waals surface area contributed by atoms with Crippen LogP contribution in [0.3, 0.4) is 0 Å². The van der Waals surface area contributed by atoms with Gasteiger partial charge in [0.25, 0.3) is 0 Å². The molecule has 3 aromatic rings. The number of aromatic amines is 1. The fourth-order valence-electron chi connectivity index (χ4n) is 3.16. The number of thioether (sulfide) groups is 1. The number of carbonyl (C=O) groups excluding carboxylic acids is 1. The number of hydrogen-bond donors (Lipinski definition) is 2. The summed E-state index contributed by atoms with van der Waals surface area (Å²) < 4.78 is 13.9. The normalized spacial score (nSPS) is 16.6. The van der Waals surface area contributed by atoms with Crippen LogP contribution in [0.25, 0.3) is 11.0 Å². The maximum absolute atomic E-state index is 13.9. The Hall–Kier alpha value is -2.34. The third kappa shape index (κ3) is 3.39. The highest BCUT2D eigenvalue weighted by atomic mass is 32.2. The summed E-state index contributed by atoms with van der Waals surface area (Å²) in [7, 11) is 0. The van der Waals surface area contributed by atoms with Crippen LogP contribution in [0.15, 0.2) is 47.4 Å². The predicted octanol–water partition coefficient (Wildman–Crippen LogP) is 3.99. The molecule has 0 unspecified atom stereocenters. The van der Waals surface area contributed by atoms with Crippen molar-refractivity contribution < 1.29 is 9.18 Å². The van der Waals surface area contributed by atoms with Gasteiger partial charge in [-0.25, -0.2) is 9.37 Å². The molecule has 1 aromatic heterocycles. The molecule has 0 saturated carbocycles. The summed E-state index contributed by atoms with van der Waals surface area (Å²) >= 11 is 1.52. The van der Waals surface area contributed by atoms with Gasteiger partial charge in [-0.3, -0.25) is 4.79 Å². The van der Waals surface area contributed by atoms with Crippen LogP contribution < -0.4 is 5.32 Å².